The summed E-state index contributed by atoms with van der Waals surface area (Å²) in [7, 11) is 1.75. The van der Waals surface area contributed by atoms with Gasteiger partial charge < -0.3 is 11.1 Å². The van der Waals surface area contributed by atoms with Crippen LogP contribution in [0.2, 0.25) is 0 Å². The van der Waals surface area contributed by atoms with Crippen molar-refractivity contribution in [2.24, 2.45) is 12.5 Å². The first-order valence-electron chi connectivity index (χ1n) is 6.93. The van der Waals surface area contributed by atoms with E-state index in [0.717, 1.165) is 12.8 Å². The first-order valence-corrected chi connectivity index (χ1v) is 6.93. The Kier molecular flexibility index (Phi) is 3.56. The summed E-state index contributed by atoms with van der Waals surface area (Å²) in [5.74, 6) is -0.111. The molecule has 2 rings (SSSR count). The van der Waals surface area contributed by atoms with Gasteiger partial charge in [0, 0.05) is 13.1 Å². The summed E-state index contributed by atoms with van der Waals surface area (Å²) in [6, 6.07) is 0.211. The van der Waals surface area contributed by atoms with Gasteiger partial charge in [-0.25, -0.2) is 0 Å². The van der Waals surface area contributed by atoms with Gasteiger partial charge >= 0.3 is 0 Å². The predicted molar refractivity (Wildman–Crippen MR) is 75.9 cm³/mol. The van der Waals surface area contributed by atoms with Gasteiger partial charge in [0.1, 0.15) is 5.69 Å². The minimum Gasteiger partial charge on any atom is -0.395 e. The summed E-state index contributed by atoms with van der Waals surface area (Å²) >= 11 is 0. The van der Waals surface area contributed by atoms with Gasteiger partial charge in [0.2, 0.25) is 0 Å². The van der Waals surface area contributed by atoms with E-state index >= 15 is 0 Å². The summed E-state index contributed by atoms with van der Waals surface area (Å²) in [4.78, 5) is 12.4. The summed E-state index contributed by atoms with van der Waals surface area (Å²) in [5.41, 5.74) is 7.74. The second-order valence-corrected chi connectivity index (χ2v) is 6.23. The van der Waals surface area contributed by atoms with Crippen LogP contribution in [-0.4, -0.2) is 21.7 Å². The standard InChI is InChI=1S/C14H24N4O/c1-9-11(15)12(18(4)17-9)13(19)16-10-7-5-6-8-14(10,2)3/h10H,5-8,15H2,1-4H3,(H,16,19). The number of anilines is 1. The van der Waals surface area contributed by atoms with E-state index in [1.165, 1.54) is 12.8 Å². The van der Waals surface area contributed by atoms with Gasteiger partial charge in [-0.2, -0.15) is 5.10 Å². The van der Waals surface area contributed by atoms with E-state index in [1.54, 1.807) is 11.7 Å². The van der Waals surface area contributed by atoms with E-state index < -0.39 is 0 Å². The predicted octanol–water partition coefficient (Wildman–Crippen LogP) is 2.01. The highest BCUT2D eigenvalue weighted by molar-refractivity contribution is 5.98. The molecular formula is C14H24N4O. The highest BCUT2D eigenvalue weighted by Gasteiger charge is 2.34. The van der Waals surface area contributed by atoms with Crippen molar-refractivity contribution >= 4 is 11.6 Å². The normalized spacial score (nSPS) is 22.2. The van der Waals surface area contributed by atoms with E-state index in [4.69, 9.17) is 5.73 Å². The molecule has 1 heterocycles. The molecule has 5 nitrogen and oxygen atoms in total. The molecule has 1 saturated carbocycles. The zero-order valence-electron chi connectivity index (χ0n) is 12.3. The largest absolute Gasteiger partial charge is 0.395 e. The second-order valence-electron chi connectivity index (χ2n) is 6.23. The van der Waals surface area contributed by atoms with Crippen molar-refractivity contribution in [3.05, 3.63) is 11.4 Å². The molecule has 1 aliphatic rings. The van der Waals surface area contributed by atoms with Crippen molar-refractivity contribution in [2.45, 2.75) is 52.5 Å². The molecule has 1 unspecified atom stereocenters. The number of hydrogen-bond acceptors (Lipinski definition) is 3. The number of carbonyl (C=O) groups is 1. The molecule has 1 aromatic rings. The maximum atomic E-state index is 12.4. The summed E-state index contributed by atoms with van der Waals surface area (Å²) in [6.07, 6.45) is 4.61. The molecule has 0 radical (unpaired) electrons. The Bertz CT molecular complexity index is 490. The Morgan fingerprint density at radius 2 is 2.16 bits per heavy atom. The number of rotatable bonds is 2. The lowest BCUT2D eigenvalue weighted by Crippen LogP contribution is -2.47. The van der Waals surface area contributed by atoms with Crippen LogP contribution in [0.15, 0.2) is 0 Å². The molecule has 0 saturated heterocycles. The summed E-state index contributed by atoms with van der Waals surface area (Å²) < 4.78 is 1.57. The Balaban J connectivity index is 2.17. The number of aromatic nitrogens is 2. The van der Waals surface area contributed by atoms with Crippen LogP contribution in [0.25, 0.3) is 0 Å². The number of hydrogen-bond donors (Lipinski definition) is 2. The van der Waals surface area contributed by atoms with Crippen molar-refractivity contribution in [2.75, 3.05) is 5.73 Å². The number of nitrogen functional groups attached to an aromatic ring is 1. The fourth-order valence-corrected chi connectivity index (χ4v) is 2.93. The number of carbonyl (C=O) groups excluding carboxylic acids is 1. The van der Waals surface area contributed by atoms with E-state index in [1.807, 2.05) is 6.92 Å². The zero-order valence-corrected chi connectivity index (χ0v) is 12.3. The molecule has 1 fully saturated rings. The maximum Gasteiger partial charge on any atom is 0.271 e. The average Bonchev–Trinajstić information content (AvgIpc) is 2.56. The van der Waals surface area contributed by atoms with Crippen molar-refractivity contribution in [1.29, 1.82) is 0 Å². The topological polar surface area (TPSA) is 72.9 Å². The lowest BCUT2D eigenvalue weighted by atomic mass is 9.73. The molecule has 3 N–H and O–H groups in total. The van der Waals surface area contributed by atoms with Crippen LogP contribution in [0.3, 0.4) is 0 Å². The molecule has 0 aromatic carbocycles. The SMILES string of the molecule is Cc1nn(C)c(C(=O)NC2CCCCC2(C)C)c1N. The first kappa shape index (κ1) is 13.9. The molecule has 1 aromatic heterocycles. The van der Waals surface area contributed by atoms with Gasteiger partial charge in [-0.1, -0.05) is 26.7 Å². The third kappa shape index (κ3) is 2.60. The molecule has 0 bridgehead atoms. The molecule has 1 atom stereocenters. The number of nitrogens with zero attached hydrogens (tertiary/aromatic N) is 2. The smallest absolute Gasteiger partial charge is 0.271 e. The van der Waals surface area contributed by atoms with Gasteiger partial charge in [-0.05, 0) is 25.2 Å². The van der Waals surface area contributed by atoms with Crippen molar-refractivity contribution < 1.29 is 4.79 Å². The summed E-state index contributed by atoms with van der Waals surface area (Å²) in [6.45, 7) is 6.25. The maximum absolute atomic E-state index is 12.4. The van der Waals surface area contributed by atoms with Crippen LogP contribution in [-0.2, 0) is 7.05 Å². The van der Waals surface area contributed by atoms with Crippen molar-refractivity contribution in [3.63, 3.8) is 0 Å². The van der Waals surface area contributed by atoms with Crippen LogP contribution in [0, 0.1) is 12.3 Å². The Hall–Kier alpha value is -1.52. The van der Waals surface area contributed by atoms with E-state index in [9.17, 15) is 4.79 Å². The van der Waals surface area contributed by atoms with Gasteiger partial charge in [-0.3, -0.25) is 9.48 Å². The molecule has 1 amide bonds. The van der Waals surface area contributed by atoms with Crippen LogP contribution in [0.1, 0.15) is 55.7 Å². The Morgan fingerprint density at radius 3 is 2.68 bits per heavy atom. The zero-order chi connectivity index (χ0) is 14.2. The molecule has 106 valence electrons. The molecule has 19 heavy (non-hydrogen) atoms. The number of nitrogens with two attached hydrogens (primary N) is 1. The van der Waals surface area contributed by atoms with Gasteiger partial charge in [0.05, 0.1) is 11.4 Å². The molecular weight excluding hydrogens is 240 g/mol. The quantitative estimate of drug-likeness (QED) is 0.858. The van der Waals surface area contributed by atoms with E-state index in [-0.39, 0.29) is 17.4 Å². The lowest BCUT2D eigenvalue weighted by Gasteiger charge is -2.39. The monoisotopic (exact) mass is 264 g/mol. The third-order valence-corrected chi connectivity index (χ3v) is 4.30. The van der Waals surface area contributed by atoms with Gasteiger partial charge in [0.25, 0.3) is 5.91 Å². The second kappa shape index (κ2) is 4.87. The fourth-order valence-electron chi connectivity index (χ4n) is 2.93. The number of amides is 1. The summed E-state index contributed by atoms with van der Waals surface area (Å²) in [5, 5.41) is 7.33. The van der Waals surface area contributed by atoms with Crippen LogP contribution < -0.4 is 11.1 Å². The third-order valence-electron chi connectivity index (χ3n) is 4.30. The van der Waals surface area contributed by atoms with Gasteiger partial charge in [-0.15, -0.1) is 0 Å². The number of aryl methyl sites for hydroxylation is 2. The van der Waals surface area contributed by atoms with E-state index in [2.05, 4.69) is 24.3 Å². The number of nitrogens with one attached hydrogen (secondary N) is 1. The van der Waals surface area contributed by atoms with Crippen LogP contribution in [0.4, 0.5) is 5.69 Å². The van der Waals surface area contributed by atoms with Gasteiger partial charge in [0.15, 0.2) is 0 Å². The first-order chi connectivity index (χ1) is 8.83. The fraction of sp³-hybridized carbons (Fsp3) is 0.714. The molecule has 5 heteroatoms. The van der Waals surface area contributed by atoms with Crippen LogP contribution >= 0.6 is 0 Å². The highest BCUT2D eigenvalue weighted by atomic mass is 16.2. The average molecular weight is 264 g/mol. The molecule has 0 aliphatic heterocycles. The lowest BCUT2D eigenvalue weighted by molar-refractivity contribution is 0.0845. The molecule has 0 spiro atoms. The van der Waals surface area contributed by atoms with E-state index in [0.29, 0.717) is 17.1 Å². The van der Waals surface area contributed by atoms with Crippen LogP contribution in [0.5, 0.6) is 0 Å². The Morgan fingerprint density at radius 1 is 1.47 bits per heavy atom. The minimum atomic E-state index is -0.111. The van der Waals surface area contributed by atoms with Crippen molar-refractivity contribution in [3.8, 4) is 0 Å². The minimum absolute atomic E-state index is 0.111. The Labute approximate surface area is 114 Å². The van der Waals surface area contributed by atoms with Crippen molar-refractivity contribution in [1.82, 2.24) is 15.1 Å². The highest BCUT2D eigenvalue weighted by Crippen LogP contribution is 2.35. The molecule has 1 aliphatic carbocycles.